The number of carbonyl (C=O) groups excluding carboxylic acids is 2. The summed E-state index contributed by atoms with van der Waals surface area (Å²) in [5.41, 5.74) is -1.71. The van der Waals surface area contributed by atoms with Gasteiger partial charge in [0.25, 0.3) is 5.91 Å². The number of sulfone groups is 1. The molecule has 200 valence electrons. The van der Waals surface area contributed by atoms with E-state index in [-0.39, 0.29) is 64.2 Å². The molecule has 2 bridgehead atoms. The first kappa shape index (κ1) is 27.4. The van der Waals surface area contributed by atoms with Gasteiger partial charge >= 0.3 is 0 Å². The molecule has 2 aliphatic rings. The quantitative estimate of drug-likeness (QED) is 0.462. The molecule has 2 aromatic carbocycles. The minimum Gasteiger partial charge on any atom is -0.387 e. The van der Waals surface area contributed by atoms with Crippen LogP contribution < -0.4 is 10.6 Å². The Morgan fingerprint density at radius 3 is 2.35 bits per heavy atom. The SMILES string of the molecule is CC(=O)NC[C@@]1(O)C2C[C@@H](S(=O)(=O)c3cc(C(=O)Nc4cc(F)c(F)c(F)c4)ccc3Cl)C[C@@H]1[C@@H](C)C2. The minimum atomic E-state index is -4.05. The number of fused-ring (bicyclic) bond motifs is 2. The van der Waals surface area contributed by atoms with Gasteiger partial charge in [0.15, 0.2) is 27.3 Å². The summed E-state index contributed by atoms with van der Waals surface area (Å²) < 4.78 is 67.6. The Balaban J connectivity index is 1.59. The van der Waals surface area contributed by atoms with Crippen LogP contribution in [0.25, 0.3) is 0 Å². The van der Waals surface area contributed by atoms with Crippen LogP contribution in [0.3, 0.4) is 0 Å². The monoisotopic (exact) mass is 558 g/mol. The van der Waals surface area contributed by atoms with Crippen molar-refractivity contribution in [3.8, 4) is 0 Å². The lowest BCUT2D eigenvalue weighted by molar-refractivity contribution is -0.122. The van der Waals surface area contributed by atoms with Gasteiger partial charge in [0.2, 0.25) is 5.91 Å². The van der Waals surface area contributed by atoms with E-state index in [0.29, 0.717) is 18.6 Å². The van der Waals surface area contributed by atoms with Gasteiger partial charge in [-0.05, 0) is 55.2 Å². The molecule has 2 amide bonds. The van der Waals surface area contributed by atoms with Gasteiger partial charge in [0.1, 0.15) is 0 Å². The molecular weight excluding hydrogens is 533 g/mol. The maximum absolute atomic E-state index is 13.7. The lowest BCUT2D eigenvalue weighted by Gasteiger charge is -2.43. The summed E-state index contributed by atoms with van der Waals surface area (Å²) >= 11 is 6.23. The number of rotatable bonds is 6. The molecule has 2 saturated carbocycles. The molecule has 0 spiro atoms. The number of carbonyl (C=O) groups is 2. The lowest BCUT2D eigenvalue weighted by atomic mass is 9.73. The highest BCUT2D eigenvalue weighted by Crippen LogP contribution is 2.54. The van der Waals surface area contributed by atoms with E-state index >= 15 is 0 Å². The summed E-state index contributed by atoms with van der Waals surface area (Å²) in [6, 6.07) is 4.79. The summed E-state index contributed by atoms with van der Waals surface area (Å²) in [6.07, 6.45) is 0.908. The number of hydrogen-bond donors (Lipinski definition) is 3. The molecule has 1 unspecified atom stereocenters. The van der Waals surface area contributed by atoms with Crippen molar-refractivity contribution in [1.82, 2.24) is 5.32 Å². The molecule has 3 N–H and O–H groups in total. The van der Waals surface area contributed by atoms with Gasteiger partial charge in [0, 0.05) is 36.9 Å². The highest BCUT2D eigenvalue weighted by atomic mass is 35.5. The zero-order valence-corrected chi connectivity index (χ0v) is 21.6. The first-order valence-corrected chi connectivity index (χ1v) is 13.6. The first-order valence-electron chi connectivity index (χ1n) is 11.7. The summed E-state index contributed by atoms with van der Waals surface area (Å²) in [5, 5.41) is 15.2. The van der Waals surface area contributed by atoms with Crippen LogP contribution in [0, 0.1) is 35.2 Å². The fourth-order valence-electron chi connectivity index (χ4n) is 5.71. The molecule has 0 saturated heterocycles. The van der Waals surface area contributed by atoms with Gasteiger partial charge in [-0.1, -0.05) is 18.5 Å². The number of halogens is 4. The Morgan fingerprint density at radius 1 is 1.11 bits per heavy atom. The molecule has 0 aliphatic heterocycles. The zero-order chi connectivity index (χ0) is 27.3. The molecule has 0 aromatic heterocycles. The number of aliphatic hydroxyl groups is 1. The summed E-state index contributed by atoms with van der Waals surface area (Å²) in [4.78, 5) is 23.8. The van der Waals surface area contributed by atoms with E-state index in [9.17, 15) is 36.3 Å². The molecule has 0 radical (unpaired) electrons. The number of hydrogen-bond acceptors (Lipinski definition) is 5. The van der Waals surface area contributed by atoms with Crippen molar-refractivity contribution in [2.75, 3.05) is 11.9 Å². The number of anilines is 1. The van der Waals surface area contributed by atoms with Crippen molar-refractivity contribution in [2.24, 2.45) is 17.8 Å². The van der Waals surface area contributed by atoms with E-state index in [1.54, 1.807) is 0 Å². The van der Waals surface area contributed by atoms with Gasteiger partial charge in [-0.15, -0.1) is 0 Å². The Labute approximate surface area is 217 Å². The van der Waals surface area contributed by atoms with E-state index < -0.39 is 44.0 Å². The van der Waals surface area contributed by atoms with Gasteiger partial charge in [-0.25, -0.2) is 21.6 Å². The molecule has 2 aliphatic carbocycles. The maximum atomic E-state index is 13.7. The second kappa shape index (κ2) is 9.92. The van der Waals surface area contributed by atoms with E-state index in [1.165, 1.54) is 19.1 Å². The average molecular weight is 559 g/mol. The summed E-state index contributed by atoms with van der Waals surface area (Å²) in [6.45, 7) is 3.33. The van der Waals surface area contributed by atoms with Gasteiger partial charge in [0.05, 0.1) is 20.8 Å². The van der Waals surface area contributed by atoms with E-state index in [2.05, 4.69) is 10.6 Å². The maximum Gasteiger partial charge on any atom is 0.255 e. The topological polar surface area (TPSA) is 113 Å². The molecule has 4 rings (SSSR count). The second-order valence-corrected chi connectivity index (χ2v) is 12.5. The number of amides is 2. The van der Waals surface area contributed by atoms with Crippen LogP contribution >= 0.6 is 11.6 Å². The van der Waals surface area contributed by atoms with Crippen LogP contribution in [0.1, 0.15) is 43.5 Å². The Bertz CT molecular complexity index is 1350. The molecule has 2 aromatic rings. The molecule has 0 heterocycles. The predicted octanol–water partition coefficient (Wildman–Crippen LogP) is 4.09. The van der Waals surface area contributed by atoms with Crippen LogP contribution in [0.2, 0.25) is 5.02 Å². The van der Waals surface area contributed by atoms with Gasteiger partial charge in [-0.3, -0.25) is 9.59 Å². The number of benzene rings is 2. The van der Waals surface area contributed by atoms with Crippen molar-refractivity contribution in [2.45, 2.75) is 48.9 Å². The minimum absolute atomic E-state index is 0.0352. The lowest BCUT2D eigenvalue weighted by Crippen LogP contribution is -2.55. The largest absolute Gasteiger partial charge is 0.387 e. The highest BCUT2D eigenvalue weighted by Gasteiger charge is 2.58. The molecular formula is C25H26ClF3N2O5S. The van der Waals surface area contributed by atoms with Crippen LogP contribution in [0.15, 0.2) is 35.2 Å². The van der Waals surface area contributed by atoms with E-state index in [4.69, 9.17) is 11.6 Å². The van der Waals surface area contributed by atoms with Crippen LogP contribution in [0.4, 0.5) is 18.9 Å². The molecule has 2 fully saturated rings. The van der Waals surface area contributed by atoms with Gasteiger partial charge < -0.3 is 15.7 Å². The third-order valence-corrected chi connectivity index (χ3v) is 10.2. The standard InChI is InChI=1S/C25H26ClF3N2O5S/c1-12-5-15-7-17(10-18(12)25(15,34)11-30-13(2)32)37(35,36)22-6-14(3-4-19(22)26)24(33)31-16-8-20(27)23(29)21(28)9-16/h3-4,6,8-9,12,15,17-18,34H,5,7,10-11H2,1-2H3,(H,30,32)(H,31,33)/t12-,15?,17+,18+,25+/m0/s1. The molecule has 7 nitrogen and oxygen atoms in total. The highest BCUT2D eigenvalue weighted by molar-refractivity contribution is 7.92. The predicted molar refractivity (Wildman–Crippen MR) is 130 cm³/mol. The smallest absolute Gasteiger partial charge is 0.255 e. The fraction of sp³-hybridized carbons (Fsp3) is 0.440. The molecule has 5 atom stereocenters. The average Bonchev–Trinajstić information content (AvgIpc) is 2.94. The van der Waals surface area contributed by atoms with Crippen LogP contribution in [0.5, 0.6) is 0 Å². The van der Waals surface area contributed by atoms with E-state index in [0.717, 1.165) is 6.07 Å². The Morgan fingerprint density at radius 2 is 1.76 bits per heavy atom. The van der Waals surface area contributed by atoms with Crippen molar-refractivity contribution in [3.05, 3.63) is 58.4 Å². The second-order valence-electron chi connectivity index (χ2n) is 9.91. The normalized spacial score (nSPS) is 27.1. The van der Waals surface area contributed by atoms with Gasteiger partial charge in [-0.2, -0.15) is 0 Å². The van der Waals surface area contributed by atoms with E-state index in [1.807, 2.05) is 6.92 Å². The van der Waals surface area contributed by atoms with Crippen molar-refractivity contribution in [1.29, 1.82) is 0 Å². The first-order chi connectivity index (χ1) is 17.2. The molecule has 12 heteroatoms. The summed E-state index contributed by atoms with van der Waals surface area (Å²) in [7, 11) is -4.05. The third-order valence-electron chi connectivity index (χ3n) is 7.56. The zero-order valence-electron chi connectivity index (χ0n) is 20.0. The van der Waals surface area contributed by atoms with Crippen molar-refractivity contribution >= 4 is 38.9 Å². The van der Waals surface area contributed by atoms with Crippen molar-refractivity contribution < 1.29 is 36.3 Å². The Kier molecular flexibility index (Phi) is 7.35. The third kappa shape index (κ3) is 5.08. The Hall–Kier alpha value is -2.63. The van der Waals surface area contributed by atoms with Crippen LogP contribution in [-0.2, 0) is 14.6 Å². The molecule has 37 heavy (non-hydrogen) atoms. The fourth-order valence-corrected chi connectivity index (χ4v) is 8.09. The summed E-state index contributed by atoms with van der Waals surface area (Å²) in [5.74, 6) is -6.52. The van der Waals surface area contributed by atoms with Crippen molar-refractivity contribution in [3.63, 3.8) is 0 Å². The number of nitrogens with one attached hydrogen (secondary N) is 2. The van der Waals surface area contributed by atoms with Crippen LogP contribution in [-0.4, -0.2) is 42.7 Å².